The van der Waals surface area contributed by atoms with E-state index in [0.29, 0.717) is 10.9 Å². The molecule has 60 valence electrons. The second-order valence-corrected chi connectivity index (χ2v) is 11.3. The Bertz CT molecular complexity index is 111. The van der Waals surface area contributed by atoms with E-state index in [1.165, 1.54) is 5.75 Å². The Balaban J connectivity index is 3.57. The molecule has 0 nitrogen and oxygen atoms in total. The molecule has 0 aliphatic rings. The van der Waals surface area contributed by atoms with Gasteiger partial charge in [-0.05, 0) is 17.0 Å². The van der Waals surface area contributed by atoms with Crippen LogP contribution >= 0.6 is 0 Å². The van der Waals surface area contributed by atoms with E-state index in [-0.39, 0.29) is 0 Å². The lowest BCUT2D eigenvalue weighted by Crippen LogP contribution is -2.16. The Kier molecular flexibility index (Phi) is 4.37. The standard InChI is InChI=1S/C8H19SSi/c1-9(2)7-6-8-10(3,4)5/h6,8H,7H2,1-5H3/q+1/b8-6+. The molecule has 10 heavy (non-hydrogen) atoms. The van der Waals surface area contributed by atoms with E-state index in [1.54, 1.807) is 0 Å². The molecule has 0 N–H and O–H groups in total. The van der Waals surface area contributed by atoms with Crippen molar-refractivity contribution in [3.8, 4) is 0 Å². The molecule has 0 atom stereocenters. The first-order valence-electron chi connectivity index (χ1n) is 3.64. The van der Waals surface area contributed by atoms with E-state index >= 15 is 0 Å². The first kappa shape index (κ1) is 10.3. The third kappa shape index (κ3) is 8.31. The Hall–Kier alpha value is 0.307. The normalized spacial score (nSPS) is 13.4. The van der Waals surface area contributed by atoms with Gasteiger partial charge in [-0.2, -0.15) is 0 Å². The molecule has 0 amide bonds. The van der Waals surface area contributed by atoms with Crippen molar-refractivity contribution in [2.24, 2.45) is 0 Å². The SMILES string of the molecule is C[S+](C)C/C=C/[Si](C)(C)C. The Labute approximate surface area is 69.1 Å². The Morgan fingerprint density at radius 2 is 1.70 bits per heavy atom. The van der Waals surface area contributed by atoms with Crippen LogP contribution in [0.15, 0.2) is 11.8 Å². The van der Waals surface area contributed by atoms with Gasteiger partial charge in [-0.15, -0.1) is 0 Å². The minimum Gasteiger partial charge on any atom is -0.0944 e. The van der Waals surface area contributed by atoms with Crippen molar-refractivity contribution in [2.75, 3.05) is 18.3 Å². The van der Waals surface area contributed by atoms with Gasteiger partial charge >= 0.3 is 0 Å². The van der Waals surface area contributed by atoms with Crippen LogP contribution in [-0.2, 0) is 10.9 Å². The van der Waals surface area contributed by atoms with Crippen LogP contribution in [0.4, 0.5) is 0 Å². The van der Waals surface area contributed by atoms with Gasteiger partial charge in [0.1, 0.15) is 5.75 Å². The lowest BCUT2D eigenvalue weighted by Gasteiger charge is -2.06. The van der Waals surface area contributed by atoms with Crippen molar-refractivity contribution in [1.82, 2.24) is 0 Å². The third-order valence-corrected chi connectivity index (χ3v) is 3.14. The molecule has 0 saturated heterocycles. The predicted molar refractivity (Wildman–Crippen MR) is 56.6 cm³/mol. The Morgan fingerprint density at radius 3 is 2.00 bits per heavy atom. The summed E-state index contributed by atoms with van der Waals surface area (Å²) < 4.78 is 0. The fourth-order valence-electron chi connectivity index (χ4n) is 0.594. The highest BCUT2D eigenvalue weighted by Crippen LogP contribution is 2.01. The van der Waals surface area contributed by atoms with Crippen molar-refractivity contribution in [3.05, 3.63) is 11.8 Å². The van der Waals surface area contributed by atoms with Crippen molar-refractivity contribution in [3.63, 3.8) is 0 Å². The van der Waals surface area contributed by atoms with Gasteiger partial charge in [0, 0.05) is 0 Å². The molecule has 0 radical (unpaired) electrons. The summed E-state index contributed by atoms with van der Waals surface area (Å²) in [5.74, 6) is 1.27. The van der Waals surface area contributed by atoms with Crippen LogP contribution in [0.3, 0.4) is 0 Å². The smallest absolute Gasteiger partial charge is 0.0944 e. The zero-order valence-corrected chi connectivity index (χ0v) is 9.59. The van der Waals surface area contributed by atoms with Crippen LogP contribution in [0.5, 0.6) is 0 Å². The van der Waals surface area contributed by atoms with Gasteiger partial charge in [0.25, 0.3) is 0 Å². The minimum atomic E-state index is -0.900. The number of hydrogen-bond acceptors (Lipinski definition) is 0. The molecular weight excluding hydrogens is 156 g/mol. The van der Waals surface area contributed by atoms with Gasteiger partial charge < -0.3 is 0 Å². The summed E-state index contributed by atoms with van der Waals surface area (Å²) >= 11 is 0. The maximum atomic E-state index is 2.43. The van der Waals surface area contributed by atoms with E-state index in [1.807, 2.05) is 0 Å². The molecule has 0 aromatic carbocycles. The summed E-state index contributed by atoms with van der Waals surface area (Å²) in [6, 6.07) is 0. The fraction of sp³-hybridized carbons (Fsp3) is 0.750. The van der Waals surface area contributed by atoms with Crippen LogP contribution < -0.4 is 0 Å². The van der Waals surface area contributed by atoms with E-state index in [4.69, 9.17) is 0 Å². The van der Waals surface area contributed by atoms with E-state index in [9.17, 15) is 0 Å². The molecule has 0 aromatic rings. The zero-order valence-electron chi connectivity index (χ0n) is 7.77. The van der Waals surface area contributed by atoms with Gasteiger partial charge in [0.2, 0.25) is 0 Å². The van der Waals surface area contributed by atoms with Crippen LogP contribution in [0, 0.1) is 0 Å². The first-order chi connectivity index (χ1) is 4.42. The fourth-order valence-corrected chi connectivity index (χ4v) is 2.07. The third-order valence-electron chi connectivity index (χ3n) is 1.05. The molecule has 0 spiro atoms. The minimum absolute atomic E-state index is 0.585. The van der Waals surface area contributed by atoms with Crippen molar-refractivity contribution in [2.45, 2.75) is 19.6 Å². The van der Waals surface area contributed by atoms with Crippen molar-refractivity contribution >= 4 is 19.0 Å². The van der Waals surface area contributed by atoms with Gasteiger partial charge in [0.15, 0.2) is 0 Å². The maximum absolute atomic E-state index is 2.43. The van der Waals surface area contributed by atoms with Crippen LogP contribution in [0.2, 0.25) is 19.6 Å². The molecule has 0 aromatic heterocycles. The number of rotatable bonds is 3. The highest BCUT2D eigenvalue weighted by Gasteiger charge is 2.07. The molecule has 0 aliphatic carbocycles. The largest absolute Gasteiger partial charge is 0.125 e. The zero-order chi connectivity index (χ0) is 8.20. The highest BCUT2D eigenvalue weighted by molar-refractivity contribution is 7.95. The quantitative estimate of drug-likeness (QED) is 0.456. The molecular formula is C8H19SSi+. The summed E-state index contributed by atoms with van der Waals surface area (Å²) in [6.07, 6.45) is 6.93. The van der Waals surface area contributed by atoms with Gasteiger partial charge in [-0.25, -0.2) is 0 Å². The van der Waals surface area contributed by atoms with Crippen molar-refractivity contribution < 1.29 is 0 Å². The second-order valence-electron chi connectivity index (χ2n) is 3.92. The molecule has 0 fully saturated rings. The molecule has 0 rings (SSSR count). The Morgan fingerprint density at radius 1 is 1.20 bits per heavy atom. The molecule has 0 heterocycles. The lowest BCUT2D eigenvalue weighted by atomic mass is 10.8. The first-order valence-corrected chi connectivity index (χ1v) is 9.42. The summed E-state index contributed by atoms with van der Waals surface area (Å²) in [5.41, 5.74) is 2.43. The van der Waals surface area contributed by atoms with E-state index in [0.717, 1.165) is 0 Å². The number of hydrogen-bond donors (Lipinski definition) is 0. The monoisotopic (exact) mass is 175 g/mol. The molecule has 0 saturated carbocycles. The van der Waals surface area contributed by atoms with E-state index < -0.39 is 8.07 Å². The van der Waals surface area contributed by atoms with Crippen molar-refractivity contribution in [1.29, 1.82) is 0 Å². The molecule has 0 aliphatic heterocycles. The summed E-state index contributed by atoms with van der Waals surface area (Å²) in [7, 11) is -0.315. The average molecular weight is 175 g/mol. The van der Waals surface area contributed by atoms with Gasteiger partial charge in [-0.1, -0.05) is 25.3 Å². The topological polar surface area (TPSA) is 0 Å². The summed E-state index contributed by atoms with van der Waals surface area (Å²) in [4.78, 5) is 0. The lowest BCUT2D eigenvalue weighted by molar-refractivity contribution is 1.69. The van der Waals surface area contributed by atoms with Crippen LogP contribution in [-0.4, -0.2) is 26.3 Å². The molecule has 2 heteroatoms. The van der Waals surface area contributed by atoms with Gasteiger partial charge in [-0.3, -0.25) is 0 Å². The molecule has 0 unspecified atom stereocenters. The highest BCUT2D eigenvalue weighted by atomic mass is 32.2. The van der Waals surface area contributed by atoms with Gasteiger partial charge in [0.05, 0.1) is 20.6 Å². The molecule has 0 bridgehead atoms. The predicted octanol–water partition coefficient (Wildman–Crippen LogP) is 2.30. The summed E-state index contributed by atoms with van der Waals surface area (Å²) in [5, 5.41) is 0. The van der Waals surface area contributed by atoms with E-state index in [2.05, 4.69) is 43.9 Å². The maximum Gasteiger partial charge on any atom is 0.125 e. The van der Waals surface area contributed by atoms with Crippen LogP contribution in [0.25, 0.3) is 0 Å². The summed E-state index contributed by atoms with van der Waals surface area (Å²) in [6.45, 7) is 7.10. The second kappa shape index (κ2) is 4.24. The van der Waals surface area contributed by atoms with Crippen LogP contribution in [0.1, 0.15) is 0 Å². The average Bonchev–Trinajstić information content (AvgIpc) is 1.59.